The number of rotatable bonds is 0. The number of hydrogen-bond donors (Lipinski definition) is 1. The molecule has 1 aliphatic heterocycles. The molecule has 0 aromatic rings. The molecule has 0 bridgehead atoms. The van der Waals surface area contributed by atoms with Crippen LogP contribution >= 0.6 is 11.6 Å². The maximum atomic E-state index is 9.19. The molecule has 0 aliphatic carbocycles. The molecular formula is C7H12ClNO3S. The van der Waals surface area contributed by atoms with Gasteiger partial charge in [-0.05, 0) is 12.2 Å². The van der Waals surface area contributed by atoms with E-state index in [9.17, 15) is 8.42 Å². The fraction of sp³-hybridized carbons (Fsp3) is 0.429. The molecule has 0 saturated heterocycles. The molecule has 0 spiro atoms. The van der Waals surface area contributed by atoms with E-state index in [0.717, 1.165) is 0 Å². The van der Waals surface area contributed by atoms with Gasteiger partial charge in [0.2, 0.25) is 0 Å². The quantitative estimate of drug-likeness (QED) is 0.381. The van der Waals surface area contributed by atoms with E-state index in [1.807, 2.05) is 36.4 Å². The minimum absolute atomic E-state index is 0.0417. The molecule has 0 aromatic carbocycles. The van der Waals surface area contributed by atoms with Gasteiger partial charge in [-0.1, -0.05) is 17.7 Å². The topological polar surface area (TPSA) is 57.6 Å². The Hall–Kier alpha value is -0.520. The molecule has 1 N–H and O–H groups in total. The zero-order valence-electron chi connectivity index (χ0n) is 7.38. The average Bonchev–Trinajstić information content (AvgIpc) is 1.92. The molecule has 6 heteroatoms. The molecule has 0 radical (unpaired) electrons. The summed E-state index contributed by atoms with van der Waals surface area (Å²) in [6, 6.07) is 0. The second-order valence-electron chi connectivity index (χ2n) is 2.50. The highest BCUT2D eigenvalue weighted by atomic mass is 35.5. The third-order valence-electron chi connectivity index (χ3n) is 1.09. The first-order valence-corrected chi connectivity index (χ1v) is 5.72. The van der Waals surface area contributed by atoms with Gasteiger partial charge in [0.15, 0.2) is 0 Å². The van der Waals surface area contributed by atoms with Crippen molar-refractivity contribution in [2.45, 2.75) is 5.50 Å². The molecule has 1 aliphatic rings. The van der Waals surface area contributed by atoms with Crippen molar-refractivity contribution in [3.8, 4) is 0 Å². The van der Waals surface area contributed by atoms with Crippen LogP contribution < -0.4 is 0 Å². The molecule has 13 heavy (non-hydrogen) atoms. The summed E-state index contributed by atoms with van der Waals surface area (Å²) in [6.45, 7) is 0. The van der Waals surface area contributed by atoms with E-state index in [2.05, 4.69) is 0 Å². The Labute approximate surface area is 83.2 Å². The van der Waals surface area contributed by atoms with Crippen LogP contribution in [0.15, 0.2) is 24.4 Å². The van der Waals surface area contributed by atoms with Gasteiger partial charge in [-0.2, -0.15) is 8.42 Å². The Balaban J connectivity index is 0.000000252. The van der Waals surface area contributed by atoms with Crippen LogP contribution in [0.2, 0.25) is 0 Å². The van der Waals surface area contributed by atoms with Gasteiger partial charge in [-0.3, -0.25) is 4.55 Å². The van der Waals surface area contributed by atoms with Crippen LogP contribution in [-0.4, -0.2) is 36.7 Å². The molecule has 0 fully saturated rings. The van der Waals surface area contributed by atoms with Crippen molar-refractivity contribution in [1.82, 2.24) is 4.90 Å². The van der Waals surface area contributed by atoms with Crippen LogP contribution in [0.5, 0.6) is 0 Å². The van der Waals surface area contributed by atoms with Crippen LogP contribution in [0, 0.1) is 0 Å². The van der Waals surface area contributed by atoms with Gasteiger partial charge in [0, 0.05) is 13.2 Å². The zero-order valence-corrected chi connectivity index (χ0v) is 8.96. The van der Waals surface area contributed by atoms with Gasteiger partial charge in [-0.15, -0.1) is 0 Å². The van der Waals surface area contributed by atoms with Crippen molar-refractivity contribution >= 4 is 21.7 Å². The summed E-state index contributed by atoms with van der Waals surface area (Å²) >= 11 is 5.75. The Morgan fingerprint density at radius 1 is 1.46 bits per heavy atom. The lowest BCUT2D eigenvalue weighted by molar-refractivity contribution is 0.467. The molecule has 0 saturated carbocycles. The number of halogens is 1. The van der Waals surface area contributed by atoms with Crippen LogP contribution in [0.3, 0.4) is 0 Å². The first-order valence-electron chi connectivity index (χ1n) is 3.44. The van der Waals surface area contributed by atoms with E-state index >= 15 is 0 Å². The van der Waals surface area contributed by atoms with Crippen molar-refractivity contribution < 1.29 is 13.0 Å². The van der Waals surface area contributed by atoms with Gasteiger partial charge < -0.3 is 4.90 Å². The van der Waals surface area contributed by atoms with E-state index in [1.54, 1.807) is 0 Å². The van der Waals surface area contributed by atoms with Gasteiger partial charge in [0.05, 0.1) is 6.26 Å². The van der Waals surface area contributed by atoms with Crippen molar-refractivity contribution in [3.05, 3.63) is 24.4 Å². The number of alkyl halides is 1. The normalized spacial score (nSPS) is 20.9. The maximum absolute atomic E-state index is 9.19. The Morgan fingerprint density at radius 3 is 2.15 bits per heavy atom. The van der Waals surface area contributed by atoms with Crippen molar-refractivity contribution in [3.63, 3.8) is 0 Å². The van der Waals surface area contributed by atoms with E-state index in [-0.39, 0.29) is 5.50 Å². The number of hydrogen-bond acceptors (Lipinski definition) is 3. The smallest absolute Gasteiger partial charge is 0.261 e. The third kappa shape index (κ3) is 9.39. The van der Waals surface area contributed by atoms with Crippen molar-refractivity contribution in [2.24, 2.45) is 0 Å². The molecule has 76 valence electrons. The Morgan fingerprint density at radius 2 is 1.92 bits per heavy atom. The molecule has 4 nitrogen and oxygen atoms in total. The average molecular weight is 226 g/mol. The van der Waals surface area contributed by atoms with Crippen molar-refractivity contribution in [1.29, 1.82) is 0 Å². The summed E-state index contributed by atoms with van der Waals surface area (Å²) in [5.41, 5.74) is 0.0417. The van der Waals surface area contributed by atoms with Crippen LogP contribution in [0.25, 0.3) is 0 Å². The lowest BCUT2D eigenvalue weighted by Crippen LogP contribution is -2.20. The molecule has 1 rings (SSSR count). The van der Waals surface area contributed by atoms with Gasteiger partial charge in [0.1, 0.15) is 5.50 Å². The van der Waals surface area contributed by atoms with E-state index in [0.29, 0.717) is 6.26 Å². The fourth-order valence-electron chi connectivity index (χ4n) is 0.559. The van der Waals surface area contributed by atoms with Crippen molar-refractivity contribution in [2.75, 3.05) is 13.3 Å². The van der Waals surface area contributed by atoms with E-state index in [1.165, 1.54) is 0 Å². The number of likely N-dealkylation sites (N-methyl/N-ethyl adjacent to an activating group) is 1. The summed E-state index contributed by atoms with van der Waals surface area (Å²) < 4.78 is 25.9. The molecule has 1 heterocycles. The van der Waals surface area contributed by atoms with E-state index in [4.69, 9.17) is 16.2 Å². The predicted molar refractivity (Wildman–Crippen MR) is 53.2 cm³/mol. The third-order valence-corrected chi connectivity index (χ3v) is 1.54. The van der Waals surface area contributed by atoms with E-state index < -0.39 is 10.1 Å². The number of nitrogens with zero attached hydrogens (tertiary/aromatic N) is 1. The van der Waals surface area contributed by atoms with Gasteiger partial charge in [-0.25, -0.2) is 0 Å². The first-order chi connectivity index (χ1) is 5.80. The minimum Gasteiger partial charge on any atom is -0.361 e. The SMILES string of the molecule is CN1C=CC=CC1Cl.CS(=O)(=O)O. The summed E-state index contributed by atoms with van der Waals surface area (Å²) in [4.78, 5) is 1.93. The predicted octanol–water partition coefficient (Wildman–Crippen LogP) is 1.07. The van der Waals surface area contributed by atoms with Gasteiger partial charge >= 0.3 is 0 Å². The second kappa shape index (κ2) is 5.26. The monoisotopic (exact) mass is 225 g/mol. The first kappa shape index (κ1) is 12.5. The molecule has 0 aromatic heterocycles. The Kier molecular flexibility index (Phi) is 5.05. The molecule has 1 atom stereocenters. The molecule has 0 amide bonds. The lowest BCUT2D eigenvalue weighted by Gasteiger charge is -2.19. The maximum Gasteiger partial charge on any atom is 0.261 e. The largest absolute Gasteiger partial charge is 0.361 e. The highest BCUT2D eigenvalue weighted by Gasteiger charge is 2.03. The second-order valence-corrected chi connectivity index (χ2v) is 4.41. The summed E-state index contributed by atoms with van der Waals surface area (Å²) in [5.74, 6) is 0. The van der Waals surface area contributed by atoms with Crippen LogP contribution in [-0.2, 0) is 10.1 Å². The Bertz CT molecular complexity index is 273. The molecular weight excluding hydrogens is 214 g/mol. The van der Waals surface area contributed by atoms with Crippen LogP contribution in [0.4, 0.5) is 0 Å². The number of allylic oxidation sites excluding steroid dienone is 2. The minimum atomic E-state index is -3.67. The van der Waals surface area contributed by atoms with Gasteiger partial charge in [0.25, 0.3) is 10.1 Å². The lowest BCUT2D eigenvalue weighted by atomic mass is 10.4. The highest BCUT2D eigenvalue weighted by Crippen LogP contribution is 2.07. The summed E-state index contributed by atoms with van der Waals surface area (Å²) in [7, 11) is -1.72. The summed E-state index contributed by atoms with van der Waals surface area (Å²) in [6.07, 6.45) is 8.49. The summed E-state index contributed by atoms with van der Waals surface area (Å²) in [5, 5.41) is 0. The van der Waals surface area contributed by atoms with Crippen LogP contribution in [0.1, 0.15) is 0 Å². The standard InChI is InChI=1S/C6H8ClN.CH4O3S/c1-8-5-3-2-4-6(8)7;1-5(2,3)4/h2-6H,1H3;1H3,(H,2,3,4). The zero-order chi connectivity index (χ0) is 10.5. The highest BCUT2D eigenvalue weighted by molar-refractivity contribution is 7.85. The fourth-order valence-corrected chi connectivity index (χ4v) is 0.708. The molecule has 1 unspecified atom stereocenters.